The van der Waals surface area contributed by atoms with Crippen molar-refractivity contribution in [2.75, 3.05) is 0 Å². The molecule has 0 amide bonds. The first-order valence-electron chi connectivity index (χ1n) is 8.77. The Balaban J connectivity index is 1.70. The molecule has 0 bridgehead atoms. The molecule has 12 heteroatoms. The molecule has 0 fully saturated rings. The van der Waals surface area contributed by atoms with Gasteiger partial charge in [-0.25, -0.2) is 4.98 Å². The van der Waals surface area contributed by atoms with Gasteiger partial charge in [0, 0.05) is 17.8 Å². The zero-order valence-electron chi connectivity index (χ0n) is 15.7. The number of aromatic nitrogens is 1. The summed E-state index contributed by atoms with van der Waals surface area (Å²) in [6.07, 6.45) is 1.03. The van der Waals surface area contributed by atoms with E-state index in [1.807, 2.05) is 0 Å². The average molecular weight is 472 g/mol. The summed E-state index contributed by atoms with van der Waals surface area (Å²) in [5, 5.41) is 35.0. The van der Waals surface area contributed by atoms with Crippen LogP contribution in [0.25, 0.3) is 22.6 Å². The van der Waals surface area contributed by atoms with Crippen molar-refractivity contribution >= 4 is 57.6 Å². The third kappa shape index (κ3) is 4.09. The number of rotatable bonds is 5. The number of benzene rings is 3. The third-order valence-electron chi connectivity index (χ3n) is 4.38. The maximum atomic E-state index is 12.2. The second-order valence-electron chi connectivity index (χ2n) is 6.46. The fourth-order valence-corrected chi connectivity index (χ4v) is 3.15. The molecule has 32 heavy (non-hydrogen) atoms. The molecule has 4 rings (SSSR count). The molecule has 0 saturated carbocycles. The van der Waals surface area contributed by atoms with E-state index in [1.165, 1.54) is 0 Å². The van der Waals surface area contributed by atoms with E-state index in [2.05, 4.69) is 9.98 Å². The van der Waals surface area contributed by atoms with E-state index in [1.54, 1.807) is 36.4 Å². The normalized spacial score (nSPS) is 11.3. The monoisotopic (exact) mass is 471 g/mol. The predicted molar refractivity (Wildman–Crippen MR) is 116 cm³/mol. The minimum atomic E-state index is -0.978. The number of nitro groups is 2. The second-order valence-corrected chi connectivity index (χ2v) is 7.27. The Labute approximate surface area is 188 Å². The van der Waals surface area contributed by atoms with Gasteiger partial charge in [-0.3, -0.25) is 25.2 Å². The summed E-state index contributed by atoms with van der Waals surface area (Å²) in [5.41, 5.74) is 0.0895. The zero-order valence-corrected chi connectivity index (χ0v) is 17.2. The van der Waals surface area contributed by atoms with E-state index in [0.29, 0.717) is 44.4 Å². The lowest BCUT2D eigenvalue weighted by molar-refractivity contribution is -0.403. The number of aliphatic imine (C=N–C) groups is 1. The highest BCUT2D eigenvalue weighted by Gasteiger charge is 2.18. The first kappa shape index (κ1) is 21.2. The fourth-order valence-electron chi connectivity index (χ4n) is 2.85. The number of hydrogen-bond donors (Lipinski definition) is 0. The molecule has 0 N–H and O–H groups in total. The number of halogens is 2. The molecule has 0 aliphatic carbocycles. The van der Waals surface area contributed by atoms with E-state index < -0.39 is 27.0 Å². The van der Waals surface area contributed by atoms with Crippen LogP contribution >= 0.6 is 23.2 Å². The molecule has 160 valence electrons. The highest BCUT2D eigenvalue weighted by molar-refractivity contribution is 6.42. The Morgan fingerprint density at radius 2 is 1.75 bits per heavy atom. The maximum absolute atomic E-state index is 12.2. The molecular weight excluding hydrogens is 463 g/mol. The van der Waals surface area contributed by atoms with Gasteiger partial charge in [-0.05, 0) is 47.7 Å². The minimum Gasteiger partial charge on any atom is -0.867 e. The summed E-state index contributed by atoms with van der Waals surface area (Å²) < 4.78 is 5.71. The molecule has 10 nitrogen and oxygen atoms in total. The van der Waals surface area contributed by atoms with Gasteiger partial charge in [0.15, 0.2) is 5.58 Å². The number of nitrogens with zero attached hydrogens (tertiary/aromatic N) is 4. The average Bonchev–Trinajstić information content (AvgIpc) is 3.18. The number of non-ortho nitro benzene ring substituents is 1. The van der Waals surface area contributed by atoms with Gasteiger partial charge in [0.2, 0.25) is 5.89 Å². The van der Waals surface area contributed by atoms with Gasteiger partial charge in [-0.2, -0.15) is 0 Å². The minimum absolute atomic E-state index is 0.289. The SMILES string of the molecule is O=[N+]([O-])c1cc(C=Nc2ccc3oc(-c4ccc(Cl)c(Cl)c4)nc3c2)c([O-])c([N+](=O)[O-])c1. The van der Waals surface area contributed by atoms with Crippen molar-refractivity contribution in [3.8, 4) is 17.2 Å². The molecule has 1 heterocycles. The van der Waals surface area contributed by atoms with E-state index in [-0.39, 0.29) is 5.56 Å². The largest absolute Gasteiger partial charge is 0.867 e. The Morgan fingerprint density at radius 1 is 0.969 bits per heavy atom. The van der Waals surface area contributed by atoms with Crippen molar-refractivity contribution in [1.82, 2.24) is 4.98 Å². The maximum Gasteiger partial charge on any atom is 0.276 e. The van der Waals surface area contributed by atoms with Gasteiger partial charge in [0.05, 0.1) is 31.6 Å². The van der Waals surface area contributed by atoms with Gasteiger partial charge < -0.3 is 9.52 Å². The zero-order chi connectivity index (χ0) is 23.0. The Kier molecular flexibility index (Phi) is 5.47. The summed E-state index contributed by atoms with van der Waals surface area (Å²) >= 11 is 12.0. The molecule has 0 radical (unpaired) electrons. The summed E-state index contributed by atoms with van der Waals surface area (Å²) in [4.78, 5) is 28.7. The van der Waals surface area contributed by atoms with Gasteiger partial charge >= 0.3 is 0 Å². The molecule has 0 spiro atoms. The smallest absolute Gasteiger partial charge is 0.276 e. The summed E-state index contributed by atoms with van der Waals surface area (Å²) in [5.74, 6) is -0.676. The summed E-state index contributed by atoms with van der Waals surface area (Å²) in [7, 11) is 0. The highest BCUT2D eigenvalue weighted by Crippen LogP contribution is 2.33. The van der Waals surface area contributed by atoms with Crippen molar-refractivity contribution in [2.24, 2.45) is 4.99 Å². The first-order chi connectivity index (χ1) is 15.2. The molecule has 0 saturated heterocycles. The lowest BCUT2D eigenvalue weighted by atomic mass is 10.1. The molecule has 1 aromatic heterocycles. The molecule has 4 aromatic rings. The van der Waals surface area contributed by atoms with Crippen LogP contribution in [0, 0.1) is 20.2 Å². The van der Waals surface area contributed by atoms with Crippen LogP contribution in [0.2, 0.25) is 10.0 Å². The van der Waals surface area contributed by atoms with Crippen LogP contribution in [0.15, 0.2) is 57.9 Å². The van der Waals surface area contributed by atoms with Gasteiger partial charge in [0.1, 0.15) is 5.52 Å². The van der Waals surface area contributed by atoms with Crippen LogP contribution in [0.4, 0.5) is 17.1 Å². The van der Waals surface area contributed by atoms with Crippen molar-refractivity contribution in [1.29, 1.82) is 0 Å². The lowest BCUT2D eigenvalue weighted by Gasteiger charge is -2.10. The molecular formula is C20H9Cl2N4O6-. The van der Waals surface area contributed by atoms with E-state index in [9.17, 15) is 25.3 Å². The number of nitro benzene ring substituents is 2. The number of oxazole rings is 1. The fraction of sp³-hybridized carbons (Fsp3) is 0. The van der Waals surface area contributed by atoms with Gasteiger partial charge in [-0.1, -0.05) is 23.2 Å². The van der Waals surface area contributed by atoms with Crippen molar-refractivity contribution in [2.45, 2.75) is 0 Å². The van der Waals surface area contributed by atoms with Gasteiger partial charge in [-0.15, -0.1) is 0 Å². The van der Waals surface area contributed by atoms with Crippen LogP contribution in [-0.4, -0.2) is 21.0 Å². The van der Waals surface area contributed by atoms with E-state index in [4.69, 9.17) is 27.6 Å². The third-order valence-corrected chi connectivity index (χ3v) is 5.12. The topological polar surface area (TPSA) is 148 Å². The molecule has 3 aromatic carbocycles. The molecule has 0 aliphatic heterocycles. The van der Waals surface area contributed by atoms with Crippen LogP contribution in [0.5, 0.6) is 5.75 Å². The summed E-state index contributed by atoms with van der Waals surface area (Å²) in [6.45, 7) is 0. The van der Waals surface area contributed by atoms with Crippen LogP contribution < -0.4 is 5.11 Å². The Morgan fingerprint density at radius 3 is 2.44 bits per heavy atom. The standard InChI is InChI=1S/C20H10Cl2N4O6/c21-14-3-1-10(6-15(14)22)20-24-16-7-12(2-4-18(16)32-20)23-9-11-5-13(25(28)29)8-17(19(11)27)26(30)31/h1-9,27H/p-1. The van der Waals surface area contributed by atoms with E-state index >= 15 is 0 Å². The highest BCUT2D eigenvalue weighted by atomic mass is 35.5. The van der Waals surface area contributed by atoms with Crippen LogP contribution in [0.1, 0.15) is 5.56 Å². The molecule has 0 atom stereocenters. The van der Waals surface area contributed by atoms with Crippen molar-refractivity contribution in [3.05, 3.63) is 84.4 Å². The second kappa shape index (κ2) is 8.25. The predicted octanol–water partition coefficient (Wildman–Crippen LogP) is 5.44. The number of fused-ring (bicyclic) bond motifs is 1. The lowest BCUT2D eigenvalue weighted by Crippen LogP contribution is -2.03. The number of hydrogen-bond acceptors (Lipinski definition) is 8. The van der Waals surface area contributed by atoms with Crippen molar-refractivity contribution < 1.29 is 19.4 Å². The Hall–Kier alpha value is -4.02. The van der Waals surface area contributed by atoms with Crippen LogP contribution in [0.3, 0.4) is 0 Å². The first-order valence-corrected chi connectivity index (χ1v) is 9.52. The Bertz CT molecular complexity index is 1430. The molecule has 0 aliphatic rings. The van der Waals surface area contributed by atoms with E-state index in [0.717, 1.165) is 12.3 Å². The van der Waals surface area contributed by atoms with Gasteiger partial charge in [0.25, 0.3) is 11.4 Å². The van der Waals surface area contributed by atoms with Crippen LogP contribution in [-0.2, 0) is 0 Å². The summed E-state index contributed by atoms with van der Waals surface area (Å²) in [6, 6.07) is 11.2. The molecule has 0 unspecified atom stereocenters. The quantitative estimate of drug-likeness (QED) is 0.213. The van der Waals surface area contributed by atoms with Crippen molar-refractivity contribution in [3.63, 3.8) is 0 Å².